The van der Waals surface area contributed by atoms with Crippen LogP contribution >= 0.6 is 0 Å². The lowest BCUT2D eigenvalue weighted by Gasteiger charge is -2.09. The van der Waals surface area contributed by atoms with Gasteiger partial charge in [0.05, 0.1) is 0 Å². The number of nitrogens with zero attached hydrogens (tertiary/aromatic N) is 3. The van der Waals surface area contributed by atoms with E-state index in [0.717, 1.165) is 12.1 Å². The average Bonchev–Trinajstić information content (AvgIpc) is 2.83. The fraction of sp³-hybridized carbons (Fsp3) is 0.385. The van der Waals surface area contributed by atoms with Crippen molar-refractivity contribution in [2.75, 3.05) is 6.61 Å². The highest BCUT2D eigenvalue weighted by molar-refractivity contribution is 5.33. The normalized spacial score (nSPS) is 10.8. The third-order valence-corrected chi connectivity index (χ3v) is 2.53. The molecule has 0 aliphatic carbocycles. The minimum absolute atomic E-state index is 0.143. The number of benzene rings is 1. The van der Waals surface area contributed by atoms with Crippen LogP contribution in [0.2, 0.25) is 0 Å². The van der Waals surface area contributed by atoms with Crippen LogP contribution in [0.3, 0.4) is 0 Å². The van der Waals surface area contributed by atoms with Crippen molar-refractivity contribution in [3.8, 4) is 5.69 Å². The number of aliphatic hydroxyl groups excluding tert-OH is 1. The molecule has 0 bridgehead atoms. The number of rotatable bonds is 6. The van der Waals surface area contributed by atoms with Gasteiger partial charge in [-0.15, -0.1) is 10.2 Å². The maximum atomic E-state index is 9.30. The summed E-state index contributed by atoms with van der Waals surface area (Å²) in [6, 6.07) is 9.72. The Morgan fingerprint density at radius 2 is 1.89 bits per heavy atom. The molecule has 2 aromatic rings. The SMILES string of the molecule is CCCOCc1nnc(CO)n1-c1ccccc1. The molecule has 0 radical (unpaired) electrons. The van der Waals surface area contributed by atoms with E-state index in [0.29, 0.717) is 24.9 Å². The van der Waals surface area contributed by atoms with Crippen molar-refractivity contribution in [2.24, 2.45) is 0 Å². The van der Waals surface area contributed by atoms with E-state index in [1.165, 1.54) is 0 Å². The summed E-state index contributed by atoms with van der Waals surface area (Å²) in [6.45, 7) is 3.00. The molecule has 1 aromatic carbocycles. The zero-order valence-corrected chi connectivity index (χ0v) is 10.4. The van der Waals surface area contributed by atoms with Gasteiger partial charge in [0.25, 0.3) is 0 Å². The van der Waals surface area contributed by atoms with Crippen molar-refractivity contribution in [3.63, 3.8) is 0 Å². The summed E-state index contributed by atoms with van der Waals surface area (Å²) in [7, 11) is 0. The maximum Gasteiger partial charge on any atom is 0.163 e. The fourth-order valence-corrected chi connectivity index (χ4v) is 1.73. The Morgan fingerprint density at radius 1 is 1.17 bits per heavy atom. The second-order valence-electron chi connectivity index (χ2n) is 3.91. The summed E-state index contributed by atoms with van der Waals surface area (Å²) in [6.07, 6.45) is 0.965. The van der Waals surface area contributed by atoms with Crippen molar-refractivity contribution in [1.82, 2.24) is 14.8 Å². The molecule has 0 amide bonds. The number of hydrogen-bond acceptors (Lipinski definition) is 4. The average molecular weight is 247 g/mol. The third-order valence-electron chi connectivity index (χ3n) is 2.53. The van der Waals surface area contributed by atoms with Gasteiger partial charge in [-0.2, -0.15) is 0 Å². The number of aliphatic hydroxyl groups is 1. The molecule has 1 aromatic heterocycles. The first-order valence-electron chi connectivity index (χ1n) is 6.04. The van der Waals surface area contributed by atoms with Crippen molar-refractivity contribution < 1.29 is 9.84 Å². The van der Waals surface area contributed by atoms with Crippen LogP contribution in [0.4, 0.5) is 0 Å². The fourth-order valence-electron chi connectivity index (χ4n) is 1.73. The van der Waals surface area contributed by atoms with Crippen LogP contribution in [-0.4, -0.2) is 26.5 Å². The molecule has 2 rings (SSSR count). The summed E-state index contributed by atoms with van der Waals surface area (Å²) in [4.78, 5) is 0. The Kier molecular flexibility index (Phi) is 4.44. The predicted octanol–water partition coefficient (Wildman–Crippen LogP) is 1.69. The van der Waals surface area contributed by atoms with Crippen LogP contribution in [0.25, 0.3) is 5.69 Å². The van der Waals surface area contributed by atoms with Gasteiger partial charge in [0.15, 0.2) is 11.6 Å². The Balaban J connectivity index is 2.28. The molecule has 0 aliphatic rings. The van der Waals surface area contributed by atoms with E-state index in [-0.39, 0.29) is 6.61 Å². The maximum absolute atomic E-state index is 9.30. The molecule has 0 aliphatic heterocycles. The van der Waals surface area contributed by atoms with Gasteiger partial charge in [0.2, 0.25) is 0 Å². The summed E-state index contributed by atoms with van der Waals surface area (Å²) < 4.78 is 7.31. The summed E-state index contributed by atoms with van der Waals surface area (Å²) >= 11 is 0. The van der Waals surface area contributed by atoms with Crippen LogP contribution in [0.1, 0.15) is 25.0 Å². The zero-order valence-electron chi connectivity index (χ0n) is 10.4. The van der Waals surface area contributed by atoms with Gasteiger partial charge in [-0.3, -0.25) is 4.57 Å². The number of hydrogen-bond donors (Lipinski definition) is 1. The Hall–Kier alpha value is -1.72. The standard InChI is InChI=1S/C13H17N3O2/c1-2-8-18-10-13-15-14-12(9-17)16(13)11-6-4-3-5-7-11/h3-7,17H,2,8-10H2,1H3. The molecule has 0 spiro atoms. The van der Waals surface area contributed by atoms with E-state index in [1.807, 2.05) is 34.9 Å². The zero-order chi connectivity index (χ0) is 12.8. The van der Waals surface area contributed by atoms with E-state index in [4.69, 9.17) is 4.74 Å². The molecule has 5 heteroatoms. The van der Waals surface area contributed by atoms with E-state index >= 15 is 0 Å². The quantitative estimate of drug-likeness (QED) is 0.789. The summed E-state index contributed by atoms with van der Waals surface area (Å²) in [5, 5.41) is 17.3. The lowest BCUT2D eigenvalue weighted by atomic mass is 10.3. The number of aromatic nitrogens is 3. The minimum Gasteiger partial charge on any atom is -0.388 e. The van der Waals surface area contributed by atoms with Crippen molar-refractivity contribution in [2.45, 2.75) is 26.6 Å². The molecule has 0 atom stereocenters. The molecular formula is C13H17N3O2. The second-order valence-corrected chi connectivity index (χ2v) is 3.91. The van der Waals surface area contributed by atoms with Crippen LogP contribution < -0.4 is 0 Å². The molecule has 0 saturated carbocycles. The summed E-state index contributed by atoms with van der Waals surface area (Å²) in [5.41, 5.74) is 0.932. The molecule has 1 N–H and O–H groups in total. The Labute approximate surface area is 106 Å². The van der Waals surface area contributed by atoms with Crippen LogP contribution in [0.15, 0.2) is 30.3 Å². The van der Waals surface area contributed by atoms with Crippen LogP contribution in [-0.2, 0) is 18.0 Å². The van der Waals surface area contributed by atoms with E-state index in [2.05, 4.69) is 17.1 Å². The highest BCUT2D eigenvalue weighted by Crippen LogP contribution is 2.13. The van der Waals surface area contributed by atoms with Gasteiger partial charge in [-0.1, -0.05) is 25.1 Å². The van der Waals surface area contributed by atoms with Crippen molar-refractivity contribution in [1.29, 1.82) is 0 Å². The van der Waals surface area contributed by atoms with Gasteiger partial charge < -0.3 is 9.84 Å². The van der Waals surface area contributed by atoms with Crippen LogP contribution in [0.5, 0.6) is 0 Å². The van der Waals surface area contributed by atoms with Crippen molar-refractivity contribution in [3.05, 3.63) is 42.0 Å². The third kappa shape index (κ3) is 2.75. The number of ether oxygens (including phenoxy) is 1. The van der Waals surface area contributed by atoms with Gasteiger partial charge in [-0.05, 0) is 18.6 Å². The smallest absolute Gasteiger partial charge is 0.163 e. The lowest BCUT2D eigenvalue weighted by molar-refractivity contribution is 0.114. The topological polar surface area (TPSA) is 60.2 Å². The number of para-hydroxylation sites is 1. The lowest BCUT2D eigenvalue weighted by Crippen LogP contribution is -2.07. The molecule has 0 saturated heterocycles. The highest BCUT2D eigenvalue weighted by Gasteiger charge is 2.12. The minimum atomic E-state index is -0.143. The summed E-state index contributed by atoms with van der Waals surface area (Å²) in [5.74, 6) is 1.23. The van der Waals surface area contributed by atoms with Gasteiger partial charge in [0.1, 0.15) is 13.2 Å². The molecule has 0 fully saturated rings. The molecule has 18 heavy (non-hydrogen) atoms. The first kappa shape index (κ1) is 12.7. The Bertz CT molecular complexity index is 482. The van der Waals surface area contributed by atoms with Crippen molar-refractivity contribution >= 4 is 0 Å². The second kappa shape index (κ2) is 6.28. The van der Waals surface area contributed by atoms with Crippen LogP contribution in [0, 0.1) is 0 Å². The first-order chi connectivity index (χ1) is 8.86. The first-order valence-corrected chi connectivity index (χ1v) is 6.04. The molecular weight excluding hydrogens is 230 g/mol. The molecule has 96 valence electrons. The van der Waals surface area contributed by atoms with E-state index in [9.17, 15) is 5.11 Å². The van der Waals surface area contributed by atoms with Gasteiger partial charge >= 0.3 is 0 Å². The molecule has 0 unspecified atom stereocenters. The van der Waals surface area contributed by atoms with E-state index < -0.39 is 0 Å². The molecule has 5 nitrogen and oxygen atoms in total. The van der Waals surface area contributed by atoms with Gasteiger partial charge in [-0.25, -0.2) is 0 Å². The van der Waals surface area contributed by atoms with Gasteiger partial charge in [0, 0.05) is 12.3 Å². The molecule has 1 heterocycles. The Morgan fingerprint density at radius 3 is 2.56 bits per heavy atom. The monoisotopic (exact) mass is 247 g/mol. The predicted molar refractivity (Wildman–Crippen MR) is 67.2 cm³/mol. The highest BCUT2D eigenvalue weighted by atomic mass is 16.5. The largest absolute Gasteiger partial charge is 0.388 e. The van der Waals surface area contributed by atoms with E-state index in [1.54, 1.807) is 0 Å².